The van der Waals surface area contributed by atoms with Gasteiger partial charge in [-0.25, -0.2) is 0 Å². The monoisotopic (exact) mass is 246 g/mol. The molecule has 0 radical (unpaired) electrons. The van der Waals surface area contributed by atoms with Crippen LogP contribution in [0.25, 0.3) is 10.9 Å². The van der Waals surface area contributed by atoms with Gasteiger partial charge in [0.1, 0.15) is 6.29 Å². The first-order chi connectivity index (χ1) is 8.60. The van der Waals surface area contributed by atoms with Crippen LogP contribution in [0.15, 0.2) is 24.4 Å². The summed E-state index contributed by atoms with van der Waals surface area (Å²) >= 11 is 0. The lowest BCUT2D eigenvalue weighted by atomic mass is 10.0. The van der Waals surface area contributed by atoms with Gasteiger partial charge in [0.15, 0.2) is 0 Å². The maximum atomic E-state index is 9.38. The van der Waals surface area contributed by atoms with Crippen molar-refractivity contribution in [1.82, 2.24) is 4.98 Å². The lowest BCUT2D eigenvalue weighted by molar-refractivity contribution is -0.108. The number of aldehydes is 1. The first-order valence-electron chi connectivity index (χ1n) is 6.36. The van der Waals surface area contributed by atoms with Crippen LogP contribution in [0.1, 0.15) is 31.4 Å². The topological polar surface area (TPSA) is 58.9 Å². The van der Waals surface area contributed by atoms with E-state index in [4.69, 9.17) is 5.73 Å². The molecular formula is C15H22N2O. The molecule has 2 rings (SSSR count). The van der Waals surface area contributed by atoms with Crippen molar-refractivity contribution in [3.05, 3.63) is 35.5 Å². The second-order valence-electron chi connectivity index (χ2n) is 4.56. The summed E-state index contributed by atoms with van der Waals surface area (Å²) < 4.78 is 0. The molecular weight excluding hydrogens is 224 g/mol. The number of aromatic nitrogens is 1. The summed E-state index contributed by atoms with van der Waals surface area (Å²) in [5.74, 6) is 0. The first-order valence-corrected chi connectivity index (χ1v) is 6.36. The van der Waals surface area contributed by atoms with Crippen LogP contribution < -0.4 is 5.73 Å². The zero-order valence-corrected chi connectivity index (χ0v) is 11.4. The molecule has 0 aliphatic rings. The van der Waals surface area contributed by atoms with Crippen molar-refractivity contribution in [2.45, 2.75) is 39.7 Å². The Kier molecular flexibility index (Phi) is 5.59. The minimum absolute atomic E-state index is 0.296. The van der Waals surface area contributed by atoms with Crippen LogP contribution in [0.5, 0.6) is 0 Å². The van der Waals surface area contributed by atoms with E-state index in [0.717, 1.165) is 0 Å². The van der Waals surface area contributed by atoms with Crippen LogP contribution in [0.2, 0.25) is 0 Å². The van der Waals surface area contributed by atoms with Crippen molar-refractivity contribution < 1.29 is 4.79 Å². The van der Waals surface area contributed by atoms with E-state index in [-0.39, 0.29) is 6.04 Å². The molecule has 1 heterocycles. The number of carbonyl (C=O) groups is 1. The highest BCUT2D eigenvalue weighted by Gasteiger charge is 2.03. The molecule has 0 aliphatic heterocycles. The second kappa shape index (κ2) is 6.97. The summed E-state index contributed by atoms with van der Waals surface area (Å²) in [6.07, 6.45) is 5.22. The molecule has 0 aliphatic carbocycles. The Bertz CT molecular complexity index is 500. The number of hydrogen-bond acceptors (Lipinski definition) is 2. The smallest absolute Gasteiger partial charge is 0.136 e. The molecule has 18 heavy (non-hydrogen) atoms. The first kappa shape index (κ1) is 14.5. The molecule has 0 amide bonds. The molecule has 1 unspecified atom stereocenters. The Morgan fingerprint density at radius 3 is 2.67 bits per heavy atom. The normalized spacial score (nSPS) is 11.8. The summed E-state index contributed by atoms with van der Waals surface area (Å²) in [7, 11) is 0. The fraction of sp³-hybridized carbons (Fsp3) is 0.400. The number of fused-ring (bicyclic) bond motifs is 1. The maximum Gasteiger partial charge on any atom is 0.136 e. The summed E-state index contributed by atoms with van der Waals surface area (Å²) in [6.45, 7) is 6.03. The van der Waals surface area contributed by atoms with Crippen molar-refractivity contribution in [3.8, 4) is 0 Å². The van der Waals surface area contributed by atoms with Crippen LogP contribution in [0.3, 0.4) is 0 Å². The number of nitrogens with two attached hydrogens (primary N) is 1. The lowest BCUT2D eigenvalue weighted by Gasteiger charge is -1.99. The number of H-pyrrole nitrogens is 1. The molecule has 1 atom stereocenters. The second-order valence-corrected chi connectivity index (χ2v) is 4.56. The summed E-state index contributed by atoms with van der Waals surface area (Å²) in [5, 5.41) is 1.42. The van der Waals surface area contributed by atoms with Gasteiger partial charge in [-0.1, -0.05) is 25.5 Å². The zero-order chi connectivity index (χ0) is 13.5. The van der Waals surface area contributed by atoms with Crippen molar-refractivity contribution >= 4 is 17.2 Å². The number of aryl methyl sites for hydroxylation is 2. The van der Waals surface area contributed by atoms with Crippen molar-refractivity contribution in [2.24, 2.45) is 5.73 Å². The zero-order valence-electron chi connectivity index (χ0n) is 11.4. The van der Waals surface area contributed by atoms with E-state index in [1.54, 1.807) is 6.92 Å². The fourth-order valence-corrected chi connectivity index (χ4v) is 1.92. The van der Waals surface area contributed by atoms with Gasteiger partial charge in [0.2, 0.25) is 0 Å². The van der Waals surface area contributed by atoms with Crippen LogP contribution in [-0.2, 0) is 11.2 Å². The molecule has 1 aromatic carbocycles. The summed E-state index contributed by atoms with van der Waals surface area (Å²) in [4.78, 5) is 12.7. The molecule has 3 heteroatoms. The highest BCUT2D eigenvalue weighted by atomic mass is 16.1. The van der Waals surface area contributed by atoms with Gasteiger partial charge in [0, 0.05) is 17.1 Å². The van der Waals surface area contributed by atoms with Crippen molar-refractivity contribution in [2.75, 3.05) is 0 Å². The minimum atomic E-state index is -0.296. The summed E-state index contributed by atoms with van der Waals surface area (Å²) in [6, 6.07) is 6.12. The molecule has 0 bridgehead atoms. The average molecular weight is 246 g/mol. The molecule has 3 nitrogen and oxygen atoms in total. The highest BCUT2D eigenvalue weighted by molar-refractivity contribution is 5.86. The molecule has 2 aromatic rings. The van der Waals surface area contributed by atoms with Gasteiger partial charge in [-0.2, -0.15) is 0 Å². The third-order valence-electron chi connectivity index (χ3n) is 2.73. The Morgan fingerprint density at radius 2 is 2.11 bits per heavy atom. The summed E-state index contributed by atoms with van der Waals surface area (Å²) in [5.41, 5.74) is 9.02. The molecule has 0 saturated heterocycles. The molecule has 1 aromatic heterocycles. The molecule has 0 fully saturated rings. The number of benzene rings is 1. The van der Waals surface area contributed by atoms with E-state index < -0.39 is 0 Å². The van der Waals surface area contributed by atoms with E-state index in [2.05, 4.69) is 43.2 Å². The van der Waals surface area contributed by atoms with Crippen LogP contribution in [0.4, 0.5) is 0 Å². The predicted molar refractivity (Wildman–Crippen MR) is 76.7 cm³/mol. The number of rotatable bonds is 3. The third kappa shape index (κ3) is 3.70. The Hall–Kier alpha value is -1.61. The highest BCUT2D eigenvalue weighted by Crippen LogP contribution is 2.22. The molecule has 0 spiro atoms. The van der Waals surface area contributed by atoms with Crippen LogP contribution in [-0.4, -0.2) is 17.3 Å². The van der Waals surface area contributed by atoms with E-state index in [1.807, 2.05) is 0 Å². The quantitative estimate of drug-likeness (QED) is 0.818. The van der Waals surface area contributed by atoms with Gasteiger partial charge in [-0.05, 0) is 37.5 Å². The SMILES string of the molecule is CC(N)C=O.CCCc1c[nH]c2cccc(C)c12. The average Bonchev–Trinajstić information content (AvgIpc) is 2.75. The largest absolute Gasteiger partial charge is 0.361 e. The standard InChI is InChI=1S/C12H15N.C3H7NO/c1-3-5-10-8-13-11-7-4-6-9(2)12(10)11;1-3(4)2-5/h4,6-8,13H,3,5H2,1-2H3;2-3H,4H2,1H3. The Balaban J connectivity index is 0.000000280. The van der Waals surface area contributed by atoms with Gasteiger partial charge in [0.25, 0.3) is 0 Å². The van der Waals surface area contributed by atoms with E-state index in [9.17, 15) is 4.79 Å². The van der Waals surface area contributed by atoms with E-state index in [0.29, 0.717) is 6.29 Å². The van der Waals surface area contributed by atoms with E-state index >= 15 is 0 Å². The van der Waals surface area contributed by atoms with E-state index in [1.165, 1.54) is 34.9 Å². The predicted octanol–water partition coefficient (Wildman–Crippen LogP) is 2.96. The van der Waals surface area contributed by atoms with Gasteiger partial charge in [0.05, 0.1) is 6.04 Å². The van der Waals surface area contributed by atoms with Gasteiger partial charge >= 0.3 is 0 Å². The van der Waals surface area contributed by atoms with Gasteiger partial charge in [-0.15, -0.1) is 0 Å². The Morgan fingerprint density at radius 1 is 1.44 bits per heavy atom. The van der Waals surface area contributed by atoms with Crippen molar-refractivity contribution in [3.63, 3.8) is 0 Å². The maximum absolute atomic E-state index is 9.38. The lowest BCUT2D eigenvalue weighted by Crippen LogP contribution is -2.15. The van der Waals surface area contributed by atoms with Crippen LogP contribution >= 0.6 is 0 Å². The third-order valence-corrected chi connectivity index (χ3v) is 2.73. The number of carbonyl (C=O) groups excluding carboxylic acids is 1. The van der Waals surface area contributed by atoms with Gasteiger partial charge in [-0.3, -0.25) is 0 Å². The Labute approximate surface area is 108 Å². The molecule has 0 saturated carbocycles. The molecule has 3 N–H and O–H groups in total. The van der Waals surface area contributed by atoms with Crippen molar-refractivity contribution in [1.29, 1.82) is 0 Å². The van der Waals surface area contributed by atoms with Gasteiger partial charge < -0.3 is 15.5 Å². The van der Waals surface area contributed by atoms with Crippen LogP contribution in [0, 0.1) is 6.92 Å². The minimum Gasteiger partial charge on any atom is -0.361 e. The number of aromatic amines is 1. The molecule has 98 valence electrons. The number of nitrogens with one attached hydrogen (secondary N) is 1. The fourth-order valence-electron chi connectivity index (χ4n) is 1.92. The number of hydrogen-bond donors (Lipinski definition) is 2.